The predicted octanol–water partition coefficient (Wildman–Crippen LogP) is -4.15. The van der Waals surface area contributed by atoms with Gasteiger partial charge in [-0.3, -0.25) is 0 Å². The molecule has 46 heavy (non-hydrogen) atoms. The monoisotopic (exact) mass is 666 g/mol. The van der Waals surface area contributed by atoms with E-state index in [-0.39, 0.29) is 36.9 Å². The zero-order valence-electron chi connectivity index (χ0n) is 25.9. The van der Waals surface area contributed by atoms with Gasteiger partial charge in [0.2, 0.25) is 0 Å². The fourth-order valence-corrected chi connectivity index (χ4v) is 8.54. The summed E-state index contributed by atoms with van der Waals surface area (Å²) in [6.45, 7) is 2.94. The van der Waals surface area contributed by atoms with Gasteiger partial charge in [0.15, 0.2) is 12.6 Å². The van der Waals surface area contributed by atoms with Crippen LogP contribution in [-0.4, -0.2) is 174 Å². The molecule has 266 valence electrons. The van der Waals surface area contributed by atoms with Crippen molar-refractivity contribution in [2.75, 3.05) is 6.61 Å². The third-order valence-electron chi connectivity index (χ3n) is 11.0. The second kappa shape index (κ2) is 13.9. The van der Waals surface area contributed by atoms with E-state index in [0.717, 1.165) is 0 Å². The molecule has 0 aromatic heterocycles. The molecule has 0 amide bonds. The Bertz CT molecular complexity index is 1010. The van der Waals surface area contributed by atoms with Crippen molar-refractivity contribution in [3.05, 3.63) is 0 Å². The minimum absolute atomic E-state index is 0.0967. The molecule has 4 heterocycles. The number of hydrogen-bond donors (Lipinski definition) is 10. The standard InChI is InChI=1S/C30H50O16/c1-9-3-13-19-16(42-9)6-12(31)7-17(19)44-27(11-4-14(32)21(35)15(33)5-11)28(13)46-30-26(40)24(38)22(36)18(45-30)8-41-29-25(39)23(37)20(34)10(2)43-29/h9-40H,3-8H2,1-2H3/t9?,10-,11?,12?,13?,14?,15?,16?,17?,18+,19?,20-,21?,22+,23+,24-,25+,26+,27?,28?,29+,30-/m0/s1. The number of rotatable bonds is 6. The molecule has 10 N–H and O–H groups in total. The Morgan fingerprint density at radius 3 is 1.87 bits per heavy atom. The summed E-state index contributed by atoms with van der Waals surface area (Å²) in [7, 11) is 0. The fraction of sp³-hybridized carbons (Fsp3) is 1.00. The van der Waals surface area contributed by atoms with E-state index in [2.05, 4.69) is 0 Å². The summed E-state index contributed by atoms with van der Waals surface area (Å²) in [5.74, 6) is -0.908. The lowest BCUT2D eigenvalue weighted by atomic mass is 9.64. The van der Waals surface area contributed by atoms with Crippen LogP contribution < -0.4 is 0 Å². The van der Waals surface area contributed by atoms with Crippen LogP contribution in [0.5, 0.6) is 0 Å². The van der Waals surface area contributed by atoms with Crippen LogP contribution in [0.2, 0.25) is 0 Å². The lowest BCUT2D eigenvalue weighted by Gasteiger charge is -2.58. The Morgan fingerprint density at radius 1 is 0.587 bits per heavy atom. The number of ether oxygens (including phenoxy) is 6. The molecular formula is C30H50O16. The lowest BCUT2D eigenvalue weighted by Crippen LogP contribution is -2.67. The summed E-state index contributed by atoms with van der Waals surface area (Å²) >= 11 is 0. The van der Waals surface area contributed by atoms with Gasteiger partial charge in [0, 0.05) is 5.92 Å². The van der Waals surface area contributed by atoms with Crippen molar-refractivity contribution < 1.29 is 79.5 Å². The Hall–Kier alpha value is -0.640. The van der Waals surface area contributed by atoms with Crippen LogP contribution in [0.25, 0.3) is 0 Å². The summed E-state index contributed by atoms with van der Waals surface area (Å²) in [5, 5.41) is 105. The highest BCUT2D eigenvalue weighted by atomic mass is 16.7. The Morgan fingerprint density at radius 2 is 1.20 bits per heavy atom. The van der Waals surface area contributed by atoms with Gasteiger partial charge in [-0.2, -0.15) is 0 Å². The van der Waals surface area contributed by atoms with Crippen molar-refractivity contribution in [3.8, 4) is 0 Å². The van der Waals surface area contributed by atoms with Gasteiger partial charge in [0.25, 0.3) is 0 Å². The van der Waals surface area contributed by atoms with Crippen molar-refractivity contribution in [3.63, 3.8) is 0 Å². The Labute approximate surface area is 266 Å². The zero-order chi connectivity index (χ0) is 33.2. The highest BCUT2D eigenvalue weighted by Crippen LogP contribution is 2.50. The summed E-state index contributed by atoms with van der Waals surface area (Å²) in [6, 6.07) is 0. The minimum atomic E-state index is -1.73. The molecule has 0 radical (unpaired) electrons. The van der Waals surface area contributed by atoms with E-state index in [0.29, 0.717) is 19.3 Å². The Kier molecular flexibility index (Phi) is 10.7. The molecule has 16 heteroatoms. The molecule has 6 aliphatic rings. The minimum Gasteiger partial charge on any atom is -0.393 e. The van der Waals surface area contributed by atoms with Gasteiger partial charge in [-0.1, -0.05) is 0 Å². The number of hydrogen-bond acceptors (Lipinski definition) is 16. The maximum Gasteiger partial charge on any atom is 0.187 e. The molecule has 16 nitrogen and oxygen atoms in total. The summed E-state index contributed by atoms with van der Waals surface area (Å²) in [4.78, 5) is 0. The molecule has 0 aromatic carbocycles. The largest absolute Gasteiger partial charge is 0.393 e. The van der Waals surface area contributed by atoms with Crippen molar-refractivity contribution in [2.24, 2.45) is 17.8 Å². The van der Waals surface area contributed by atoms with Gasteiger partial charge in [0.05, 0.1) is 61.5 Å². The average molecular weight is 667 g/mol. The van der Waals surface area contributed by atoms with Crippen LogP contribution in [0, 0.1) is 17.8 Å². The smallest absolute Gasteiger partial charge is 0.187 e. The highest BCUT2D eigenvalue weighted by Gasteiger charge is 2.59. The second-order valence-corrected chi connectivity index (χ2v) is 14.2. The van der Waals surface area contributed by atoms with Crippen LogP contribution in [0.1, 0.15) is 46.0 Å². The van der Waals surface area contributed by atoms with Gasteiger partial charge >= 0.3 is 0 Å². The van der Waals surface area contributed by atoms with Gasteiger partial charge < -0.3 is 79.5 Å². The van der Waals surface area contributed by atoms with E-state index in [1.54, 1.807) is 0 Å². The van der Waals surface area contributed by atoms with Crippen molar-refractivity contribution in [1.82, 2.24) is 0 Å². The van der Waals surface area contributed by atoms with Gasteiger partial charge in [-0.25, -0.2) is 0 Å². The molecule has 6 fully saturated rings. The van der Waals surface area contributed by atoms with Crippen LogP contribution in [-0.2, 0) is 28.4 Å². The van der Waals surface area contributed by atoms with E-state index in [4.69, 9.17) is 28.4 Å². The predicted molar refractivity (Wildman–Crippen MR) is 150 cm³/mol. The molecule has 4 aliphatic heterocycles. The SMILES string of the molecule is CC1CC2C(O[C@@H]3O[C@H](CO[C@@H]4O[C@@H](C)[C@H](O)[C@@H](O)[C@H]4O)[C@@H](O)[C@H](O)[C@H]3O)C(C3CC(O)C(O)C(O)C3)OC3CC(O)CC(O1)C32. The van der Waals surface area contributed by atoms with Crippen LogP contribution in [0.3, 0.4) is 0 Å². The molecule has 2 saturated carbocycles. The van der Waals surface area contributed by atoms with Crippen molar-refractivity contribution >= 4 is 0 Å². The maximum atomic E-state index is 11.0. The number of aliphatic hydroxyl groups is 10. The molecule has 0 spiro atoms. The quantitative estimate of drug-likeness (QED) is 0.129. The Balaban J connectivity index is 1.23. The number of aliphatic hydroxyl groups excluding tert-OH is 10. The lowest BCUT2D eigenvalue weighted by molar-refractivity contribution is -0.358. The van der Waals surface area contributed by atoms with E-state index < -0.39 is 117 Å². The first kappa shape index (κ1) is 35.2. The molecule has 0 aromatic rings. The third-order valence-corrected chi connectivity index (χ3v) is 11.0. The first-order chi connectivity index (χ1) is 21.7. The zero-order valence-corrected chi connectivity index (χ0v) is 25.9. The molecular weight excluding hydrogens is 616 g/mol. The van der Waals surface area contributed by atoms with Gasteiger partial charge in [-0.05, 0) is 57.8 Å². The second-order valence-electron chi connectivity index (χ2n) is 14.2. The first-order valence-electron chi connectivity index (χ1n) is 16.4. The van der Waals surface area contributed by atoms with E-state index >= 15 is 0 Å². The van der Waals surface area contributed by atoms with Crippen molar-refractivity contribution in [1.29, 1.82) is 0 Å². The van der Waals surface area contributed by atoms with E-state index in [1.165, 1.54) is 6.92 Å². The normalized spacial score (nSPS) is 57.9. The molecule has 0 bridgehead atoms. The van der Waals surface area contributed by atoms with Crippen LogP contribution in [0.15, 0.2) is 0 Å². The topological polar surface area (TPSA) is 258 Å². The molecule has 20 atom stereocenters. The van der Waals surface area contributed by atoms with Crippen molar-refractivity contribution in [2.45, 2.75) is 162 Å². The van der Waals surface area contributed by atoms with E-state index in [9.17, 15) is 51.1 Å². The molecule has 4 saturated heterocycles. The van der Waals surface area contributed by atoms with Crippen LogP contribution >= 0.6 is 0 Å². The molecule has 6 rings (SSSR count). The summed E-state index contributed by atoms with van der Waals surface area (Å²) in [5.41, 5.74) is 0. The third kappa shape index (κ3) is 6.63. The molecule has 10 unspecified atom stereocenters. The first-order valence-corrected chi connectivity index (χ1v) is 16.4. The average Bonchev–Trinajstić information content (AvgIpc) is 3.00. The highest BCUT2D eigenvalue weighted by molar-refractivity contribution is 5.06. The fourth-order valence-electron chi connectivity index (χ4n) is 8.54. The summed E-state index contributed by atoms with van der Waals surface area (Å²) in [6.07, 6.45) is -20.1. The summed E-state index contributed by atoms with van der Waals surface area (Å²) < 4.78 is 36.4. The van der Waals surface area contributed by atoms with E-state index in [1.807, 2.05) is 6.92 Å². The van der Waals surface area contributed by atoms with Gasteiger partial charge in [0.1, 0.15) is 48.8 Å². The van der Waals surface area contributed by atoms with Gasteiger partial charge in [-0.15, -0.1) is 0 Å². The molecule has 2 aliphatic carbocycles. The van der Waals surface area contributed by atoms with Crippen LogP contribution in [0.4, 0.5) is 0 Å². The maximum absolute atomic E-state index is 11.0.